The van der Waals surface area contributed by atoms with Crippen molar-refractivity contribution < 1.29 is 9.53 Å². The molecule has 0 amide bonds. The van der Waals surface area contributed by atoms with Crippen LogP contribution in [-0.4, -0.2) is 28.2 Å². The summed E-state index contributed by atoms with van der Waals surface area (Å²) < 4.78 is 6.48. The van der Waals surface area contributed by atoms with E-state index in [0.717, 1.165) is 52.9 Å². The van der Waals surface area contributed by atoms with Crippen molar-refractivity contribution in [3.05, 3.63) is 11.6 Å². The lowest BCUT2D eigenvalue weighted by atomic mass is 9.46. The highest BCUT2D eigenvalue weighted by Crippen LogP contribution is 2.70. The summed E-state index contributed by atoms with van der Waals surface area (Å²) in [5, 5.41) is 0. The molecule has 4 aliphatic carbocycles. The predicted molar refractivity (Wildman–Crippen MR) is 152 cm³/mol. The smallest absolute Gasteiger partial charge is 0.302 e. The zero-order valence-electron chi connectivity index (χ0n) is 23.0. The molecular weight excluding hydrogens is 468 g/mol. The zero-order valence-corrected chi connectivity index (χ0v) is 24.7. The molecule has 1 saturated heterocycles. The molecule has 3 saturated carbocycles. The van der Waals surface area contributed by atoms with Crippen molar-refractivity contribution in [2.75, 3.05) is 11.5 Å². The quantitative estimate of drug-likeness (QED) is 0.248. The van der Waals surface area contributed by atoms with Gasteiger partial charge in [-0.1, -0.05) is 58.6 Å². The Bertz CT molecular complexity index is 802. The van der Waals surface area contributed by atoms with E-state index in [2.05, 4.69) is 57.3 Å². The summed E-state index contributed by atoms with van der Waals surface area (Å²) in [5.41, 5.74) is 2.59. The fourth-order valence-corrected chi connectivity index (χ4v) is 13.4. The van der Waals surface area contributed by atoms with E-state index in [0.29, 0.717) is 10.8 Å². The molecule has 3 unspecified atom stereocenters. The van der Waals surface area contributed by atoms with Gasteiger partial charge in [0, 0.05) is 30.3 Å². The first-order valence-corrected chi connectivity index (χ1v) is 17.0. The van der Waals surface area contributed by atoms with Gasteiger partial charge in [0.1, 0.15) is 6.10 Å². The molecule has 5 rings (SSSR count). The van der Waals surface area contributed by atoms with Crippen molar-refractivity contribution in [2.45, 2.75) is 116 Å². The van der Waals surface area contributed by atoms with Gasteiger partial charge in [0.15, 0.2) is 0 Å². The molecule has 0 bridgehead atoms. The van der Waals surface area contributed by atoms with Gasteiger partial charge in [-0.3, -0.25) is 4.79 Å². The van der Waals surface area contributed by atoms with E-state index in [4.69, 9.17) is 4.74 Å². The lowest BCUT2D eigenvalue weighted by Gasteiger charge is -2.61. The number of allylic oxidation sites excluding steroid dienone is 1. The lowest BCUT2D eigenvalue weighted by Crippen LogP contribution is -2.54. The van der Waals surface area contributed by atoms with E-state index in [1.54, 1.807) is 12.5 Å². The molecule has 4 heteroatoms. The Hall–Kier alpha value is -0.0900. The van der Waals surface area contributed by atoms with Gasteiger partial charge < -0.3 is 4.74 Å². The Kier molecular flexibility index (Phi) is 8.02. The highest BCUT2D eigenvalue weighted by molar-refractivity contribution is 8.20. The van der Waals surface area contributed by atoms with Gasteiger partial charge in [-0.2, -0.15) is 0 Å². The second-order valence-corrected chi connectivity index (χ2v) is 16.2. The van der Waals surface area contributed by atoms with Crippen molar-refractivity contribution in [2.24, 2.45) is 46.3 Å². The number of fused-ring (bicyclic) bond motifs is 5. The monoisotopic (exact) mass is 518 g/mol. The third-order valence-electron chi connectivity index (χ3n) is 11.2. The average molecular weight is 519 g/mol. The van der Waals surface area contributed by atoms with Crippen LogP contribution < -0.4 is 0 Å². The Labute approximate surface area is 223 Å². The summed E-state index contributed by atoms with van der Waals surface area (Å²) in [6.45, 7) is 11.6. The number of carbonyl (C=O) groups excluding carboxylic acids is 1. The molecule has 0 spiro atoms. The Morgan fingerprint density at radius 1 is 1.06 bits per heavy atom. The van der Waals surface area contributed by atoms with Crippen LogP contribution in [0.2, 0.25) is 0 Å². The van der Waals surface area contributed by atoms with Crippen molar-refractivity contribution in [1.29, 1.82) is 0 Å². The number of rotatable bonds is 7. The highest BCUT2D eigenvalue weighted by Gasteiger charge is 2.62. The minimum absolute atomic E-state index is 0.102. The molecule has 0 N–H and O–H groups in total. The van der Waals surface area contributed by atoms with Crippen LogP contribution in [-0.2, 0) is 9.53 Å². The molecule has 0 aromatic heterocycles. The Morgan fingerprint density at radius 3 is 2.54 bits per heavy atom. The minimum atomic E-state index is -0.102. The van der Waals surface area contributed by atoms with Crippen LogP contribution in [0.1, 0.15) is 105 Å². The molecular formula is C31H50O2S2. The van der Waals surface area contributed by atoms with Crippen molar-refractivity contribution in [1.82, 2.24) is 0 Å². The highest BCUT2D eigenvalue weighted by atomic mass is 32.2. The molecule has 1 aliphatic heterocycles. The number of hydrogen-bond donors (Lipinski definition) is 0. The van der Waals surface area contributed by atoms with Crippen LogP contribution in [0.15, 0.2) is 11.6 Å². The summed E-state index contributed by atoms with van der Waals surface area (Å²) >= 11 is 4.50. The normalized spacial score (nSPS) is 42.2. The molecule has 198 valence electrons. The second-order valence-electron chi connectivity index (χ2n) is 13.5. The van der Waals surface area contributed by atoms with Crippen LogP contribution >= 0.6 is 23.5 Å². The fraction of sp³-hybridized carbons (Fsp3) is 0.903. The van der Waals surface area contributed by atoms with Crippen molar-refractivity contribution in [3.63, 3.8) is 0 Å². The molecule has 0 radical (unpaired) electrons. The summed E-state index contributed by atoms with van der Waals surface area (Å²) in [6, 6.07) is 0. The van der Waals surface area contributed by atoms with Crippen LogP contribution in [0.5, 0.6) is 0 Å². The zero-order chi connectivity index (χ0) is 24.8. The van der Waals surface area contributed by atoms with E-state index in [1.165, 1.54) is 69.3 Å². The average Bonchev–Trinajstić information content (AvgIpc) is 3.46. The summed E-state index contributed by atoms with van der Waals surface area (Å²) in [6.07, 6.45) is 17.4. The number of thioether (sulfide) groups is 2. The van der Waals surface area contributed by atoms with Crippen LogP contribution in [0.3, 0.4) is 0 Å². The summed E-state index contributed by atoms with van der Waals surface area (Å²) in [4.78, 5) is 11.7. The van der Waals surface area contributed by atoms with Crippen molar-refractivity contribution >= 4 is 29.5 Å². The van der Waals surface area contributed by atoms with E-state index < -0.39 is 0 Å². The number of ether oxygens (including phenoxy) is 1. The first kappa shape index (κ1) is 26.5. The maximum absolute atomic E-state index is 11.7. The first-order chi connectivity index (χ1) is 16.8. The van der Waals surface area contributed by atoms with Gasteiger partial charge >= 0.3 is 5.97 Å². The maximum Gasteiger partial charge on any atom is 0.302 e. The van der Waals surface area contributed by atoms with Gasteiger partial charge in [-0.15, -0.1) is 23.5 Å². The first-order valence-electron chi connectivity index (χ1n) is 14.9. The number of carbonyl (C=O) groups is 1. The van der Waals surface area contributed by atoms with E-state index >= 15 is 0 Å². The van der Waals surface area contributed by atoms with Gasteiger partial charge in [0.2, 0.25) is 0 Å². The Balaban J connectivity index is 1.38. The summed E-state index contributed by atoms with van der Waals surface area (Å²) in [5.74, 6) is 7.80. The molecule has 0 aromatic rings. The fourth-order valence-electron chi connectivity index (χ4n) is 9.79. The van der Waals surface area contributed by atoms with Crippen molar-refractivity contribution in [3.8, 4) is 0 Å². The lowest BCUT2D eigenvalue weighted by molar-refractivity contribution is -0.148. The third kappa shape index (κ3) is 4.79. The standard InChI is InChI=1S/C31H50O2S2/c1-20(2)7-6-8-21(3)26-11-12-27-25-10-9-23-19-24(33-22(4)32)13-16-31(23,29-34-17-18-35-29)28(25)14-15-30(26,27)5/h9,20-21,24-29H,6-8,10-19H2,1-5H3/t21?,24?,25-,26?,27-,28-,30+,31+/m0/s1. The maximum atomic E-state index is 11.7. The summed E-state index contributed by atoms with van der Waals surface area (Å²) in [7, 11) is 0. The molecule has 5 aliphatic rings. The van der Waals surface area contributed by atoms with Crippen LogP contribution in [0.4, 0.5) is 0 Å². The predicted octanol–water partition coefficient (Wildman–Crippen LogP) is 8.75. The molecule has 1 heterocycles. The van der Waals surface area contributed by atoms with E-state index in [9.17, 15) is 4.79 Å². The SMILES string of the molecule is CC(=O)OC1CC[C@@]2(C3SCCS3)C(=CC[C@@H]3[C@@H]2CC[C@]2(C)C(C(C)CCCC(C)C)CC[C@@H]32)C1. The molecule has 4 fully saturated rings. The van der Waals surface area contributed by atoms with E-state index in [1.807, 2.05) is 0 Å². The van der Waals surface area contributed by atoms with Crippen LogP contribution in [0, 0.1) is 46.3 Å². The van der Waals surface area contributed by atoms with Crippen LogP contribution in [0.25, 0.3) is 0 Å². The Morgan fingerprint density at radius 2 is 1.83 bits per heavy atom. The topological polar surface area (TPSA) is 26.3 Å². The van der Waals surface area contributed by atoms with E-state index in [-0.39, 0.29) is 12.1 Å². The third-order valence-corrected chi connectivity index (χ3v) is 14.6. The van der Waals surface area contributed by atoms with Gasteiger partial charge in [0.25, 0.3) is 0 Å². The molecule has 8 atom stereocenters. The molecule has 35 heavy (non-hydrogen) atoms. The van der Waals surface area contributed by atoms with Gasteiger partial charge in [-0.05, 0) is 85.9 Å². The second kappa shape index (κ2) is 10.6. The number of esters is 1. The molecule has 0 aromatic carbocycles. The minimum Gasteiger partial charge on any atom is -0.462 e. The number of hydrogen-bond acceptors (Lipinski definition) is 4. The van der Waals surface area contributed by atoms with Gasteiger partial charge in [-0.25, -0.2) is 0 Å². The largest absolute Gasteiger partial charge is 0.462 e. The molecule has 2 nitrogen and oxygen atoms in total. The van der Waals surface area contributed by atoms with Gasteiger partial charge in [0.05, 0.1) is 4.58 Å².